The molecule has 0 atom stereocenters. The SMILES string of the molecule is CC.CC(C)c1cc(CN2CC(O)C2)cc(C(F)(F)F)c1. The Bertz CT molecular complexity index is 451. The molecule has 1 fully saturated rings. The molecule has 0 aliphatic carbocycles. The molecule has 1 aliphatic heterocycles. The van der Waals surface area contributed by atoms with Gasteiger partial charge in [-0.15, -0.1) is 0 Å². The van der Waals surface area contributed by atoms with E-state index in [1.807, 2.05) is 38.7 Å². The summed E-state index contributed by atoms with van der Waals surface area (Å²) in [5.74, 6) is 0.0584. The summed E-state index contributed by atoms with van der Waals surface area (Å²) in [5.41, 5.74) is 0.770. The fourth-order valence-corrected chi connectivity index (χ4v) is 2.24. The Hall–Kier alpha value is -1.07. The molecule has 1 aromatic carbocycles. The minimum atomic E-state index is -4.31. The van der Waals surface area contributed by atoms with Gasteiger partial charge in [0.2, 0.25) is 0 Å². The van der Waals surface area contributed by atoms with Crippen LogP contribution in [0.4, 0.5) is 13.2 Å². The highest BCUT2D eigenvalue weighted by molar-refractivity contribution is 5.33. The van der Waals surface area contributed by atoms with Gasteiger partial charge in [-0.3, -0.25) is 4.90 Å². The van der Waals surface area contributed by atoms with Gasteiger partial charge in [-0.2, -0.15) is 13.2 Å². The van der Waals surface area contributed by atoms with Gasteiger partial charge >= 0.3 is 6.18 Å². The minimum absolute atomic E-state index is 0.0584. The van der Waals surface area contributed by atoms with Crippen LogP contribution in [0, 0.1) is 0 Å². The number of aliphatic hydroxyl groups is 1. The number of hydrogen-bond acceptors (Lipinski definition) is 2. The molecule has 0 aromatic heterocycles. The van der Waals surface area contributed by atoms with Gasteiger partial charge in [0.1, 0.15) is 0 Å². The number of benzene rings is 1. The zero-order valence-corrected chi connectivity index (χ0v) is 13.0. The van der Waals surface area contributed by atoms with Crippen LogP contribution >= 0.6 is 0 Å². The fraction of sp³-hybridized carbons (Fsp3) is 0.625. The van der Waals surface area contributed by atoms with Crippen molar-refractivity contribution in [2.75, 3.05) is 13.1 Å². The highest BCUT2D eigenvalue weighted by Crippen LogP contribution is 2.32. The molecule has 2 rings (SSSR count). The van der Waals surface area contributed by atoms with Gasteiger partial charge in [0, 0.05) is 19.6 Å². The van der Waals surface area contributed by atoms with Gasteiger partial charge in [-0.25, -0.2) is 0 Å². The normalized spacial score (nSPS) is 16.4. The van der Waals surface area contributed by atoms with Crippen LogP contribution in [-0.2, 0) is 12.7 Å². The van der Waals surface area contributed by atoms with Crippen LogP contribution < -0.4 is 0 Å². The molecule has 0 radical (unpaired) electrons. The zero-order chi connectivity index (χ0) is 16.2. The largest absolute Gasteiger partial charge is 0.416 e. The summed E-state index contributed by atoms with van der Waals surface area (Å²) in [6.07, 6.45) is -4.65. The maximum atomic E-state index is 12.9. The van der Waals surface area contributed by atoms with Gasteiger partial charge in [0.15, 0.2) is 0 Å². The maximum Gasteiger partial charge on any atom is 0.416 e. The van der Waals surface area contributed by atoms with Crippen molar-refractivity contribution in [3.05, 3.63) is 34.9 Å². The highest BCUT2D eigenvalue weighted by Gasteiger charge is 2.32. The van der Waals surface area contributed by atoms with Crippen LogP contribution in [0.5, 0.6) is 0 Å². The van der Waals surface area contributed by atoms with Crippen molar-refractivity contribution in [2.45, 2.75) is 52.4 Å². The Kier molecular flexibility index (Phi) is 6.23. The van der Waals surface area contributed by atoms with Gasteiger partial charge in [-0.05, 0) is 29.2 Å². The summed E-state index contributed by atoms with van der Waals surface area (Å²) in [6.45, 7) is 9.29. The van der Waals surface area contributed by atoms with Crippen molar-refractivity contribution in [3.63, 3.8) is 0 Å². The van der Waals surface area contributed by atoms with Crippen molar-refractivity contribution in [1.29, 1.82) is 0 Å². The van der Waals surface area contributed by atoms with E-state index in [4.69, 9.17) is 0 Å². The zero-order valence-electron chi connectivity index (χ0n) is 13.0. The number of rotatable bonds is 3. The summed E-state index contributed by atoms with van der Waals surface area (Å²) < 4.78 is 38.6. The molecule has 1 aliphatic rings. The molecule has 2 nitrogen and oxygen atoms in total. The number of aliphatic hydroxyl groups excluding tert-OH is 1. The van der Waals surface area contributed by atoms with Crippen LogP contribution in [0.1, 0.15) is 50.3 Å². The topological polar surface area (TPSA) is 23.5 Å². The maximum absolute atomic E-state index is 12.9. The van der Waals surface area contributed by atoms with E-state index in [0.29, 0.717) is 30.8 Å². The number of nitrogens with zero attached hydrogens (tertiary/aromatic N) is 1. The Morgan fingerprint density at radius 2 is 1.76 bits per heavy atom. The van der Waals surface area contributed by atoms with Crippen LogP contribution in [0.3, 0.4) is 0 Å². The molecule has 0 saturated carbocycles. The third-order valence-electron chi connectivity index (χ3n) is 3.35. The second-order valence-corrected chi connectivity index (χ2v) is 5.46. The van der Waals surface area contributed by atoms with E-state index in [1.165, 1.54) is 12.1 Å². The molecule has 1 heterocycles. The third kappa shape index (κ3) is 5.00. The lowest BCUT2D eigenvalue weighted by molar-refractivity contribution is -0.137. The van der Waals surface area contributed by atoms with Gasteiger partial charge in [0.05, 0.1) is 11.7 Å². The van der Waals surface area contributed by atoms with E-state index in [0.717, 1.165) is 0 Å². The fourth-order valence-electron chi connectivity index (χ4n) is 2.24. The van der Waals surface area contributed by atoms with Crippen molar-refractivity contribution in [3.8, 4) is 0 Å². The van der Waals surface area contributed by atoms with Crippen molar-refractivity contribution >= 4 is 0 Å². The Morgan fingerprint density at radius 1 is 1.19 bits per heavy atom. The quantitative estimate of drug-likeness (QED) is 0.911. The van der Waals surface area contributed by atoms with Crippen molar-refractivity contribution in [2.24, 2.45) is 0 Å². The van der Waals surface area contributed by atoms with E-state index in [2.05, 4.69) is 0 Å². The first-order chi connectivity index (χ1) is 9.75. The smallest absolute Gasteiger partial charge is 0.390 e. The first-order valence-electron chi connectivity index (χ1n) is 7.37. The lowest BCUT2D eigenvalue weighted by Gasteiger charge is -2.36. The summed E-state index contributed by atoms with van der Waals surface area (Å²) in [5, 5.41) is 9.20. The van der Waals surface area contributed by atoms with Crippen LogP contribution in [0.25, 0.3) is 0 Å². The van der Waals surface area contributed by atoms with Gasteiger partial charge in [0.25, 0.3) is 0 Å². The molecule has 5 heteroatoms. The van der Waals surface area contributed by atoms with Gasteiger partial charge in [-0.1, -0.05) is 33.8 Å². The number of halogens is 3. The van der Waals surface area contributed by atoms with E-state index < -0.39 is 11.7 Å². The lowest BCUT2D eigenvalue weighted by Crippen LogP contribution is -2.49. The molecule has 0 unspecified atom stereocenters. The lowest BCUT2D eigenvalue weighted by atomic mass is 9.96. The predicted molar refractivity (Wildman–Crippen MR) is 78.2 cm³/mol. The highest BCUT2D eigenvalue weighted by atomic mass is 19.4. The van der Waals surface area contributed by atoms with Crippen LogP contribution in [0.2, 0.25) is 0 Å². The van der Waals surface area contributed by atoms with Crippen LogP contribution in [-0.4, -0.2) is 29.2 Å². The molecule has 0 bridgehead atoms. The molecular weight excluding hydrogens is 279 g/mol. The summed E-state index contributed by atoms with van der Waals surface area (Å²) >= 11 is 0. The number of β-amino-alcohol motifs (C(OH)–C–C–N with tert-alkyl or cyclic N) is 1. The first kappa shape index (κ1) is 18.0. The summed E-state index contributed by atoms with van der Waals surface area (Å²) in [7, 11) is 0. The number of hydrogen-bond donors (Lipinski definition) is 1. The first-order valence-corrected chi connectivity index (χ1v) is 7.37. The average Bonchev–Trinajstić information content (AvgIpc) is 2.38. The summed E-state index contributed by atoms with van der Waals surface area (Å²) in [6, 6.07) is 4.25. The summed E-state index contributed by atoms with van der Waals surface area (Å²) in [4.78, 5) is 1.93. The predicted octanol–water partition coefficient (Wildman–Crippen LogP) is 4.03. The monoisotopic (exact) mass is 303 g/mol. The van der Waals surface area contributed by atoms with Crippen molar-refractivity contribution in [1.82, 2.24) is 4.90 Å². The second-order valence-electron chi connectivity index (χ2n) is 5.46. The second kappa shape index (κ2) is 7.27. The van der Waals surface area contributed by atoms with Gasteiger partial charge < -0.3 is 5.11 Å². The minimum Gasteiger partial charge on any atom is -0.390 e. The molecule has 120 valence electrons. The number of alkyl halides is 3. The number of likely N-dealkylation sites (tertiary alicyclic amines) is 1. The van der Waals surface area contributed by atoms with E-state index in [1.54, 1.807) is 0 Å². The van der Waals surface area contributed by atoms with Crippen LogP contribution in [0.15, 0.2) is 18.2 Å². The van der Waals surface area contributed by atoms with Crippen molar-refractivity contribution < 1.29 is 18.3 Å². The Labute approximate surface area is 124 Å². The van der Waals surface area contributed by atoms with E-state index in [-0.39, 0.29) is 12.0 Å². The average molecular weight is 303 g/mol. The van der Waals surface area contributed by atoms with E-state index in [9.17, 15) is 18.3 Å². The Balaban J connectivity index is 0.00000106. The molecule has 21 heavy (non-hydrogen) atoms. The third-order valence-corrected chi connectivity index (χ3v) is 3.35. The molecular formula is C16H24F3NO. The standard InChI is InChI=1S/C14H18F3NO.C2H6/c1-9(2)11-3-10(6-18-7-13(19)8-18)4-12(5-11)14(15,16)17;1-2/h3-5,9,13,19H,6-8H2,1-2H3;1-2H3. The Morgan fingerprint density at radius 3 is 2.19 bits per heavy atom. The van der Waals surface area contributed by atoms with E-state index >= 15 is 0 Å². The molecule has 1 aromatic rings. The molecule has 0 spiro atoms. The molecule has 1 N–H and O–H groups in total. The molecule has 0 amide bonds. The molecule has 1 saturated heterocycles.